The van der Waals surface area contributed by atoms with E-state index in [4.69, 9.17) is 18.9 Å². The number of allylic oxidation sites excluding steroid dienone is 14. The van der Waals surface area contributed by atoms with Crippen LogP contribution in [0.25, 0.3) is 0 Å². The summed E-state index contributed by atoms with van der Waals surface area (Å²) in [7, 11) is 0. The molecule has 10 nitrogen and oxygen atoms in total. The van der Waals surface area contributed by atoms with Gasteiger partial charge in [-0.15, -0.1) is 0 Å². The van der Waals surface area contributed by atoms with E-state index in [-0.39, 0.29) is 26.1 Å². The zero-order chi connectivity index (χ0) is 44.4. The molecule has 61 heavy (non-hydrogen) atoms. The summed E-state index contributed by atoms with van der Waals surface area (Å²) in [5.41, 5.74) is 0. The molecule has 0 radical (unpaired) electrons. The summed E-state index contributed by atoms with van der Waals surface area (Å²) >= 11 is 0. The van der Waals surface area contributed by atoms with Gasteiger partial charge in [-0.1, -0.05) is 150 Å². The van der Waals surface area contributed by atoms with Gasteiger partial charge < -0.3 is 39.4 Å². The minimum atomic E-state index is -1.61. The Balaban J connectivity index is 2.35. The average molecular weight is 857 g/mol. The zero-order valence-electron chi connectivity index (χ0n) is 37.9. The first-order valence-corrected chi connectivity index (χ1v) is 23.7. The Kier molecular flexibility index (Phi) is 37.5. The third kappa shape index (κ3) is 32.3. The van der Waals surface area contributed by atoms with E-state index in [1.54, 1.807) is 0 Å². The van der Waals surface area contributed by atoms with Crippen LogP contribution >= 0.6 is 0 Å². The van der Waals surface area contributed by atoms with E-state index in [1.807, 2.05) is 0 Å². The second kappa shape index (κ2) is 40.9. The number of aliphatic hydroxyl groups excluding tert-OH is 4. The van der Waals surface area contributed by atoms with E-state index in [0.717, 1.165) is 83.5 Å². The SMILES string of the molecule is CC/C=C/C/C=C/C/C=C/C/C=C/C/C=C/CCCCCC(=O)OC[C@@H](CO[C@H]1O[C@@H](CO)[C@@H](O)C(O)C1O)OC(=O)CCCCCCCCC/C=C/C/C=C/CCCCC. The molecule has 0 spiro atoms. The van der Waals surface area contributed by atoms with Crippen LogP contribution in [0.1, 0.15) is 168 Å². The third-order valence-electron chi connectivity index (χ3n) is 10.3. The van der Waals surface area contributed by atoms with Gasteiger partial charge in [0.25, 0.3) is 0 Å². The molecule has 1 fully saturated rings. The summed E-state index contributed by atoms with van der Waals surface area (Å²) in [5, 5.41) is 40.1. The summed E-state index contributed by atoms with van der Waals surface area (Å²) in [6.07, 6.45) is 45.8. The fraction of sp³-hybridized carbons (Fsp3) is 0.686. The first-order chi connectivity index (χ1) is 29.8. The largest absolute Gasteiger partial charge is 0.462 e. The van der Waals surface area contributed by atoms with Gasteiger partial charge in [-0.3, -0.25) is 9.59 Å². The van der Waals surface area contributed by atoms with Gasteiger partial charge in [0.05, 0.1) is 13.2 Å². The average Bonchev–Trinajstić information content (AvgIpc) is 3.26. The topological polar surface area (TPSA) is 152 Å². The predicted octanol–water partition coefficient (Wildman–Crippen LogP) is 10.6. The fourth-order valence-corrected chi connectivity index (χ4v) is 6.54. The maximum atomic E-state index is 12.8. The number of aliphatic hydroxyl groups is 4. The number of unbranched alkanes of at least 4 members (excludes halogenated alkanes) is 13. The molecule has 2 unspecified atom stereocenters. The smallest absolute Gasteiger partial charge is 0.306 e. The van der Waals surface area contributed by atoms with Crippen molar-refractivity contribution in [3.05, 3.63) is 85.1 Å². The van der Waals surface area contributed by atoms with Crippen LogP contribution in [0.2, 0.25) is 0 Å². The molecule has 1 aliphatic heterocycles. The number of carbonyl (C=O) groups is 2. The molecule has 0 aromatic rings. The summed E-state index contributed by atoms with van der Waals surface area (Å²) < 4.78 is 22.2. The Bertz CT molecular complexity index is 1270. The lowest BCUT2D eigenvalue weighted by Gasteiger charge is -2.39. The lowest BCUT2D eigenvalue weighted by Crippen LogP contribution is -2.59. The van der Waals surface area contributed by atoms with Gasteiger partial charge in [0, 0.05) is 12.8 Å². The summed E-state index contributed by atoms with van der Waals surface area (Å²) in [4.78, 5) is 25.4. The Morgan fingerprint density at radius 3 is 1.48 bits per heavy atom. The number of ether oxygens (including phenoxy) is 4. The molecule has 1 heterocycles. The van der Waals surface area contributed by atoms with E-state index >= 15 is 0 Å². The minimum absolute atomic E-state index is 0.209. The van der Waals surface area contributed by atoms with Crippen LogP contribution in [0, 0.1) is 0 Å². The maximum Gasteiger partial charge on any atom is 0.306 e. The molecule has 10 heteroatoms. The van der Waals surface area contributed by atoms with E-state index in [1.165, 1.54) is 44.9 Å². The summed E-state index contributed by atoms with van der Waals surface area (Å²) in [6, 6.07) is 0. The van der Waals surface area contributed by atoms with E-state index in [9.17, 15) is 30.0 Å². The molecular formula is C51H84O10. The first-order valence-electron chi connectivity index (χ1n) is 23.7. The molecule has 1 aliphatic rings. The Labute approximate surface area is 369 Å². The molecule has 0 bridgehead atoms. The van der Waals surface area contributed by atoms with E-state index in [2.05, 4.69) is 98.9 Å². The van der Waals surface area contributed by atoms with Crippen LogP contribution < -0.4 is 0 Å². The molecule has 6 atom stereocenters. The summed E-state index contributed by atoms with van der Waals surface area (Å²) in [5.74, 6) is -0.860. The Morgan fingerprint density at radius 2 is 0.967 bits per heavy atom. The monoisotopic (exact) mass is 857 g/mol. The van der Waals surface area contributed by atoms with Crippen molar-refractivity contribution in [2.24, 2.45) is 0 Å². The highest BCUT2D eigenvalue weighted by Gasteiger charge is 2.44. The number of hydrogen-bond donors (Lipinski definition) is 4. The second-order valence-electron chi connectivity index (χ2n) is 15.8. The van der Waals surface area contributed by atoms with Crippen LogP contribution in [0.5, 0.6) is 0 Å². The molecule has 348 valence electrons. The highest BCUT2D eigenvalue weighted by molar-refractivity contribution is 5.70. The van der Waals surface area contributed by atoms with Gasteiger partial charge >= 0.3 is 11.9 Å². The molecule has 4 N–H and O–H groups in total. The van der Waals surface area contributed by atoms with Crippen LogP contribution in [0.3, 0.4) is 0 Å². The van der Waals surface area contributed by atoms with E-state index in [0.29, 0.717) is 12.8 Å². The standard InChI is InChI=1S/C51H84O10/c1-3-5-7-9-11-13-15-17-19-21-22-24-25-27-29-31-33-35-37-39-46(53)58-42-44(43-59-51-50(57)49(56)48(55)45(41-52)61-51)60-47(54)40-38-36-34-32-30-28-26-23-20-18-16-14-12-10-8-6-4-2/h5,7,11-14,17-20,22,24,27,29,44-45,48-52,55-57H,3-4,6,8-10,15-16,21,23,25-26,28,30-43H2,1-2H3/b7-5+,13-11+,14-12+,19-17+,20-18+,24-22+,29-27+/t44-,45-,48+,49?,50?,51-/m0/s1. The van der Waals surface area contributed by atoms with Gasteiger partial charge in [-0.25, -0.2) is 0 Å². The first kappa shape index (κ1) is 55.9. The lowest BCUT2D eigenvalue weighted by atomic mass is 9.99. The number of esters is 2. The highest BCUT2D eigenvalue weighted by Crippen LogP contribution is 2.22. The van der Waals surface area contributed by atoms with Gasteiger partial charge in [-0.05, 0) is 89.9 Å². The van der Waals surface area contributed by atoms with Crippen molar-refractivity contribution >= 4 is 11.9 Å². The minimum Gasteiger partial charge on any atom is -0.462 e. The quantitative estimate of drug-likeness (QED) is 0.0268. The fourth-order valence-electron chi connectivity index (χ4n) is 6.54. The van der Waals surface area contributed by atoms with Crippen molar-refractivity contribution in [1.82, 2.24) is 0 Å². The van der Waals surface area contributed by atoms with Crippen molar-refractivity contribution < 1.29 is 49.0 Å². The molecule has 0 aromatic heterocycles. The highest BCUT2D eigenvalue weighted by atomic mass is 16.7. The van der Waals surface area contributed by atoms with Crippen molar-refractivity contribution in [2.45, 2.75) is 205 Å². The van der Waals surface area contributed by atoms with E-state index < -0.39 is 55.4 Å². The van der Waals surface area contributed by atoms with Gasteiger partial charge in [0.15, 0.2) is 12.4 Å². The Hall–Kier alpha value is -3.12. The molecule has 0 amide bonds. The molecule has 1 saturated heterocycles. The predicted molar refractivity (Wildman–Crippen MR) is 247 cm³/mol. The van der Waals surface area contributed by atoms with Crippen LogP contribution in [0.4, 0.5) is 0 Å². The van der Waals surface area contributed by atoms with Crippen molar-refractivity contribution in [3.8, 4) is 0 Å². The zero-order valence-corrected chi connectivity index (χ0v) is 37.9. The summed E-state index contributed by atoms with van der Waals surface area (Å²) in [6.45, 7) is 3.23. The Morgan fingerprint density at radius 1 is 0.525 bits per heavy atom. The lowest BCUT2D eigenvalue weighted by molar-refractivity contribution is -0.305. The van der Waals surface area contributed by atoms with Crippen molar-refractivity contribution in [1.29, 1.82) is 0 Å². The van der Waals surface area contributed by atoms with Crippen molar-refractivity contribution in [2.75, 3.05) is 19.8 Å². The van der Waals surface area contributed by atoms with Crippen LogP contribution in [0.15, 0.2) is 85.1 Å². The molecule has 1 rings (SSSR count). The van der Waals surface area contributed by atoms with Gasteiger partial charge in [-0.2, -0.15) is 0 Å². The molecular weight excluding hydrogens is 773 g/mol. The molecule has 0 saturated carbocycles. The van der Waals surface area contributed by atoms with Gasteiger partial charge in [0.2, 0.25) is 0 Å². The number of carbonyl (C=O) groups excluding carboxylic acids is 2. The maximum absolute atomic E-state index is 12.8. The normalized spacial score (nSPS) is 20.5. The number of hydrogen-bond acceptors (Lipinski definition) is 10. The second-order valence-corrected chi connectivity index (χ2v) is 15.8. The van der Waals surface area contributed by atoms with Crippen molar-refractivity contribution in [3.63, 3.8) is 0 Å². The van der Waals surface area contributed by atoms with Crippen LogP contribution in [-0.4, -0.2) is 89.0 Å². The molecule has 0 aliphatic carbocycles. The third-order valence-corrected chi connectivity index (χ3v) is 10.3. The molecule has 0 aromatic carbocycles. The van der Waals surface area contributed by atoms with Crippen LogP contribution in [-0.2, 0) is 28.5 Å². The van der Waals surface area contributed by atoms with Gasteiger partial charge in [0.1, 0.15) is 31.0 Å². The number of rotatable bonds is 38.